The summed E-state index contributed by atoms with van der Waals surface area (Å²) in [5.41, 5.74) is 2.86. The largest absolute Gasteiger partial charge is 0.390 e. The van der Waals surface area contributed by atoms with Crippen LogP contribution in [0.5, 0.6) is 0 Å². The second-order valence-electron chi connectivity index (χ2n) is 9.51. The minimum Gasteiger partial charge on any atom is -0.390 e. The Balaban J connectivity index is 1.25. The van der Waals surface area contributed by atoms with Crippen LogP contribution in [0, 0.1) is 5.92 Å². The number of aliphatic hydroxyl groups is 2. The van der Waals surface area contributed by atoms with Crippen LogP contribution in [-0.2, 0) is 4.79 Å². The fourth-order valence-electron chi connectivity index (χ4n) is 5.09. The second-order valence-corrected chi connectivity index (χ2v) is 10.3. The van der Waals surface area contributed by atoms with E-state index in [0.717, 1.165) is 6.42 Å². The zero-order valence-electron chi connectivity index (χ0n) is 20.1. The lowest BCUT2D eigenvalue weighted by Crippen LogP contribution is -2.34. The van der Waals surface area contributed by atoms with Crippen molar-refractivity contribution in [3.63, 3.8) is 0 Å². The van der Waals surface area contributed by atoms with Crippen molar-refractivity contribution in [3.05, 3.63) is 66.2 Å². The van der Waals surface area contributed by atoms with E-state index in [-0.39, 0.29) is 18.4 Å². The fraction of sp³-hybridized carbons (Fsp3) is 0.346. The first kappa shape index (κ1) is 23.8. The first-order valence-corrected chi connectivity index (χ1v) is 13.5. The molecule has 190 valence electrons. The van der Waals surface area contributed by atoms with E-state index in [9.17, 15) is 15.0 Å². The third-order valence-corrected chi connectivity index (χ3v) is 7.72. The molecule has 6 atom stereocenters. The normalized spacial score (nSPS) is 26.8. The lowest BCUT2D eigenvalue weighted by molar-refractivity contribution is -0.123. The van der Waals surface area contributed by atoms with Gasteiger partial charge in [0.05, 0.1) is 18.1 Å². The molecule has 2 heterocycles. The molecule has 6 rings (SSSR count). The molecular formula is C26H27N7O3S. The average molecular weight is 518 g/mol. The van der Waals surface area contributed by atoms with Gasteiger partial charge in [0.25, 0.3) is 0 Å². The molecular weight excluding hydrogens is 490 g/mol. The molecule has 2 saturated carbocycles. The summed E-state index contributed by atoms with van der Waals surface area (Å²) in [6, 6.07) is 18.9. The number of carbonyl (C=O) groups is 1. The van der Waals surface area contributed by atoms with Crippen LogP contribution in [0.4, 0.5) is 11.5 Å². The van der Waals surface area contributed by atoms with Gasteiger partial charge in [-0.05, 0) is 36.8 Å². The van der Waals surface area contributed by atoms with Gasteiger partial charge in [-0.15, -0.1) is 5.10 Å². The quantitative estimate of drug-likeness (QED) is 0.215. The highest BCUT2D eigenvalue weighted by Crippen LogP contribution is 2.43. The molecule has 0 saturated heterocycles. The first-order chi connectivity index (χ1) is 18.0. The molecule has 2 aromatic heterocycles. The van der Waals surface area contributed by atoms with Gasteiger partial charge >= 0.3 is 0 Å². The molecule has 4 N–H and O–H groups in total. The smallest absolute Gasteiger partial charge is 0.230 e. The molecule has 2 aliphatic rings. The van der Waals surface area contributed by atoms with Crippen LogP contribution in [-0.4, -0.2) is 65.6 Å². The number of benzene rings is 2. The number of aromatic nitrogens is 5. The summed E-state index contributed by atoms with van der Waals surface area (Å²) in [5.74, 6) is -0.172. The lowest BCUT2D eigenvalue weighted by atomic mass is 10.0. The molecule has 0 aliphatic heterocycles. The Morgan fingerprint density at radius 2 is 1.73 bits per heavy atom. The molecule has 11 heteroatoms. The average Bonchev–Trinajstić information content (AvgIpc) is 3.46. The van der Waals surface area contributed by atoms with E-state index in [2.05, 4.69) is 43.0 Å². The van der Waals surface area contributed by atoms with Crippen LogP contribution in [0.25, 0.3) is 11.2 Å². The Labute approximate surface area is 217 Å². The Morgan fingerprint density at radius 1 is 1.00 bits per heavy atom. The summed E-state index contributed by atoms with van der Waals surface area (Å²) in [4.78, 5) is 22.2. The Morgan fingerprint density at radius 3 is 2.46 bits per heavy atom. The molecule has 0 bridgehead atoms. The molecule has 6 unspecified atom stereocenters. The number of anilines is 2. The maximum Gasteiger partial charge on any atom is 0.230 e. The van der Waals surface area contributed by atoms with Crippen LogP contribution in [0.3, 0.4) is 0 Å². The number of aliphatic hydroxyl groups excluding tert-OH is 2. The Kier molecular flexibility index (Phi) is 6.27. The van der Waals surface area contributed by atoms with E-state index >= 15 is 0 Å². The highest BCUT2D eigenvalue weighted by Gasteiger charge is 2.47. The van der Waals surface area contributed by atoms with Gasteiger partial charge < -0.3 is 20.8 Å². The number of hydrogen-bond donors (Lipinski definition) is 4. The molecule has 37 heavy (non-hydrogen) atoms. The van der Waals surface area contributed by atoms with Crippen molar-refractivity contribution in [1.82, 2.24) is 25.0 Å². The second kappa shape index (κ2) is 9.73. The number of hydrogen-bond acceptors (Lipinski definition) is 9. The van der Waals surface area contributed by atoms with Crippen LogP contribution in [0.1, 0.15) is 30.4 Å². The van der Waals surface area contributed by atoms with Crippen LogP contribution >= 0.6 is 11.8 Å². The van der Waals surface area contributed by atoms with Crippen LogP contribution in [0.15, 0.2) is 65.8 Å². The van der Waals surface area contributed by atoms with Gasteiger partial charge in [0.1, 0.15) is 6.10 Å². The van der Waals surface area contributed by atoms with Crippen molar-refractivity contribution in [2.45, 2.75) is 48.2 Å². The summed E-state index contributed by atoms with van der Waals surface area (Å²) < 4.78 is 1.52. The van der Waals surface area contributed by atoms with Crippen LogP contribution < -0.4 is 10.6 Å². The Bertz CT molecular complexity index is 1420. The Hall–Kier alpha value is -3.54. The minimum absolute atomic E-state index is 0.194. The predicted molar refractivity (Wildman–Crippen MR) is 140 cm³/mol. The third kappa shape index (κ3) is 4.54. The number of nitrogens with zero attached hydrogens (tertiary/aromatic N) is 5. The van der Waals surface area contributed by atoms with E-state index in [1.54, 1.807) is 12.1 Å². The van der Waals surface area contributed by atoms with Gasteiger partial charge in [0.2, 0.25) is 5.91 Å². The maximum absolute atomic E-state index is 12.9. The van der Waals surface area contributed by atoms with Crippen molar-refractivity contribution in [2.75, 3.05) is 16.9 Å². The number of thioether (sulfide) groups is 1. The minimum atomic E-state index is -1.24. The number of para-hydroxylation sites is 1. The van der Waals surface area contributed by atoms with E-state index in [1.165, 1.54) is 22.0 Å². The van der Waals surface area contributed by atoms with Crippen molar-refractivity contribution in [2.24, 2.45) is 5.92 Å². The monoisotopic (exact) mass is 517 g/mol. The highest BCUT2D eigenvalue weighted by atomic mass is 32.2. The van der Waals surface area contributed by atoms with Crippen molar-refractivity contribution in [1.29, 1.82) is 0 Å². The summed E-state index contributed by atoms with van der Waals surface area (Å²) in [6.07, 6.45) is 0.627. The van der Waals surface area contributed by atoms with E-state index in [4.69, 9.17) is 0 Å². The van der Waals surface area contributed by atoms with Crippen LogP contribution in [0.2, 0.25) is 0 Å². The summed E-state index contributed by atoms with van der Waals surface area (Å²) >= 11 is 1.40. The fourth-order valence-corrected chi connectivity index (χ4v) is 5.45. The molecule has 0 spiro atoms. The molecule has 10 nitrogen and oxygen atoms in total. The number of nitrogens with one attached hydrogen (secondary N) is 2. The molecule has 2 fully saturated rings. The van der Waals surface area contributed by atoms with Gasteiger partial charge in [0, 0.05) is 17.6 Å². The van der Waals surface area contributed by atoms with E-state index in [0.29, 0.717) is 33.7 Å². The predicted octanol–water partition coefficient (Wildman–Crippen LogP) is 2.83. The van der Waals surface area contributed by atoms with Crippen molar-refractivity contribution < 1.29 is 15.0 Å². The maximum atomic E-state index is 12.9. The van der Waals surface area contributed by atoms with Gasteiger partial charge in [-0.25, -0.2) is 14.6 Å². The van der Waals surface area contributed by atoms with E-state index in [1.807, 2.05) is 42.7 Å². The van der Waals surface area contributed by atoms with Crippen molar-refractivity contribution in [3.8, 4) is 0 Å². The molecule has 2 aromatic carbocycles. The topological polar surface area (TPSA) is 138 Å². The van der Waals surface area contributed by atoms with E-state index < -0.39 is 24.2 Å². The zero-order chi connectivity index (χ0) is 25.5. The van der Waals surface area contributed by atoms with Gasteiger partial charge in [0.15, 0.2) is 22.1 Å². The molecule has 0 radical (unpaired) electrons. The summed E-state index contributed by atoms with van der Waals surface area (Å²) in [7, 11) is 0. The first-order valence-electron chi connectivity index (χ1n) is 12.2. The molecule has 2 aliphatic carbocycles. The number of rotatable bonds is 7. The highest BCUT2D eigenvalue weighted by molar-refractivity contribution is 7.98. The van der Waals surface area contributed by atoms with Gasteiger partial charge in [-0.2, -0.15) is 0 Å². The lowest BCUT2D eigenvalue weighted by Gasteiger charge is -2.17. The van der Waals surface area contributed by atoms with Gasteiger partial charge in [-0.3, -0.25) is 4.79 Å². The van der Waals surface area contributed by atoms with Crippen molar-refractivity contribution >= 4 is 40.3 Å². The molecule has 4 aromatic rings. The third-order valence-electron chi connectivity index (χ3n) is 7.17. The zero-order valence-corrected chi connectivity index (χ0v) is 20.9. The summed E-state index contributed by atoms with van der Waals surface area (Å²) in [5, 5.41) is 37.1. The number of carbonyl (C=O) groups excluding carboxylic acids is 1. The van der Waals surface area contributed by atoms with Gasteiger partial charge in [-0.1, -0.05) is 65.5 Å². The molecule has 1 amide bonds. The summed E-state index contributed by atoms with van der Waals surface area (Å²) in [6.45, 7) is 0. The number of amides is 1. The number of fused-ring (bicyclic) bond motifs is 1. The SMILES string of the molecule is CSc1nc(NC2CC2c2ccccc2)c2nnn(C3CC(C(=O)Nc4ccccc4)C(O)C3O)c2n1. The standard InChI is InChI=1S/C26H27N7O3S/c1-37-26-29-23(28-18-12-16(18)14-8-4-2-5-9-14)20-24(30-26)33(32-31-20)19-13-17(21(34)22(19)35)25(36)27-15-10-6-3-7-11-15/h2-11,16-19,21-22,34-35H,12-13H2,1H3,(H,27,36)(H,28,29,30).